The van der Waals surface area contributed by atoms with Gasteiger partial charge in [-0.1, -0.05) is 0 Å². The molecule has 134 valence electrons. The third-order valence-corrected chi connectivity index (χ3v) is 4.87. The predicted octanol–water partition coefficient (Wildman–Crippen LogP) is 2.60. The number of aryl methyl sites for hydroxylation is 2. The zero-order chi connectivity index (χ0) is 17.9. The fourth-order valence-electron chi connectivity index (χ4n) is 3.46. The van der Waals surface area contributed by atoms with Crippen molar-refractivity contribution in [2.45, 2.75) is 20.4 Å². The van der Waals surface area contributed by atoms with Crippen LogP contribution in [0.15, 0.2) is 49.1 Å². The number of hydrogen-bond donors (Lipinski definition) is 0. The number of piperazine rings is 1. The molecule has 4 rings (SSSR count). The summed E-state index contributed by atoms with van der Waals surface area (Å²) in [6.45, 7) is 8.97. The molecule has 1 saturated heterocycles. The van der Waals surface area contributed by atoms with Crippen molar-refractivity contribution in [1.29, 1.82) is 0 Å². The molecule has 26 heavy (non-hydrogen) atoms. The van der Waals surface area contributed by atoms with Crippen LogP contribution in [-0.2, 0) is 6.54 Å². The van der Waals surface area contributed by atoms with Gasteiger partial charge in [-0.25, -0.2) is 4.98 Å². The Balaban J connectivity index is 1.42. The molecule has 4 heterocycles. The van der Waals surface area contributed by atoms with E-state index in [2.05, 4.69) is 53.7 Å². The molecule has 0 unspecified atom stereocenters. The van der Waals surface area contributed by atoms with E-state index in [0.29, 0.717) is 0 Å². The molecule has 6 nitrogen and oxygen atoms in total. The van der Waals surface area contributed by atoms with E-state index in [1.54, 1.807) is 0 Å². The van der Waals surface area contributed by atoms with Crippen LogP contribution in [0.5, 0.6) is 0 Å². The summed E-state index contributed by atoms with van der Waals surface area (Å²) >= 11 is 0. The lowest BCUT2D eigenvalue weighted by Gasteiger charge is -2.36. The standard InChI is InChI=1S/C20H24N6/c1-16-13-22-17(2)20(23-16)25-11-9-24(10-12-25)15-19-6-4-8-26(19)18-5-3-7-21-14-18/h3-8,13-14H,9-12,15H2,1-2H3. The van der Waals surface area contributed by atoms with Crippen molar-refractivity contribution >= 4 is 5.82 Å². The molecule has 0 N–H and O–H groups in total. The highest BCUT2D eigenvalue weighted by Crippen LogP contribution is 2.19. The van der Waals surface area contributed by atoms with Gasteiger partial charge < -0.3 is 9.47 Å². The molecule has 3 aromatic heterocycles. The average molecular weight is 348 g/mol. The van der Waals surface area contributed by atoms with Gasteiger partial charge in [-0.15, -0.1) is 0 Å². The molecule has 1 aliphatic heterocycles. The first-order chi connectivity index (χ1) is 12.7. The number of pyridine rings is 1. The summed E-state index contributed by atoms with van der Waals surface area (Å²) < 4.78 is 2.22. The van der Waals surface area contributed by atoms with E-state index in [0.717, 1.165) is 55.6 Å². The fourth-order valence-corrected chi connectivity index (χ4v) is 3.46. The smallest absolute Gasteiger partial charge is 0.150 e. The van der Waals surface area contributed by atoms with Crippen LogP contribution in [0, 0.1) is 13.8 Å². The van der Waals surface area contributed by atoms with E-state index in [1.807, 2.05) is 38.5 Å². The van der Waals surface area contributed by atoms with Gasteiger partial charge in [0.1, 0.15) is 5.82 Å². The van der Waals surface area contributed by atoms with Crippen LogP contribution < -0.4 is 4.90 Å². The van der Waals surface area contributed by atoms with Crippen LogP contribution >= 0.6 is 0 Å². The van der Waals surface area contributed by atoms with Crippen molar-refractivity contribution in [2.75, 3.05) is 31.1 Å². The molecular weight excluding hydrogens is 324 g/mol. The minimum atomic E-state index is 0.939. The van der Waals surface area contributed by atoms with Crippen molar-refractivity contribution in [3.63, 3.8) is 0 Å². The van der Waals surface area contributed by atoms with Crippen molar-refractivity contribution in [3.8, 4) is 5.69 Å². The second-order valence-electron chi connectivity index (χ2n) is 6.76. The van der Waals surface area contributed by atoms with Gasteiger partial charge >= 0.3 is 0 Å². The quantitative estimate of drug-likeness (QED) is 0.725. The largest absolute Gasteiger partial charge is 0.353 e. The molecule has 0 amide bonds. The van der Waals surface area contributed by atoms with Crippen LogP contribution in [0.1, 0.15) is 17.1 Å². The Morgan fingerprint density at radius 3 is 2.62 bits per heavy atom. The number of nitrogens with zero attached hydrogens (tertiary/aromatic N) is 6. The normalized spacial score (nSPS) is 15.4. The summed E-state index contributed by atoms with van der Waals surface area (Å²) in [6, 6.07) is 8.36. The highest BCUT2D eigenvalue weighted by molar-refractivity contribution is 5.43. The Kier molecular flexibility index (Phi) is 4.67. The summed E-state index contributed by atoms with van der Waals surface area (Å²) in [7, 11) is 0. The maximum Gasteiger partial charge on any atom is 0.150 e. The molecule has 3 aromatic rings. The highest BCUT2D eigenvalue weighted by Gasteiger charge is 2.21. The first-order valence-corrected chi connectivity index (χ1v) is 9.05. The van der Waals surface area contributed by atoms with Gasteiger partial charge in [0.25, 0.3) is 0 Å². The number of aromatic nitrogens is 4. The number of anilines is 1. The Labute approximate surface area is 154 Å². The van der Waals surface area contributed by atoms with Gasteiger partial charge in [0.2, 0.25) is 0 Å². The lowest BCUT2D eigenvalue weighted by molar-refractivity contribution is 0.245. The van der Waals surface area contributed by atoms with Gasteiger partial charge in [0, 0.05) is 57.0 Å². The van der Waals surface area contributed by atoms with E-state index in [1.165, 1.54) is 5.69 Å². The Bertz CT molecular complexity index is 865. The highest BCUT2D eigenvalue weighted by atomic mass is 15.3. The van der Waals surface area contributed by atoms with Crippen molar-refractivity contribution < 1.29 is 0 Å². The van der Waals surface area contributed by atoms with Crippen molar-refractivity contribution in [3.05, 3.63) is 66.1 Å². The van der Waals surface area contributed by atoms with Crippen LogP contribution in [-0.4, -0.2) is 50.6 Å². The summed E-state index contributed by atoms with van der Waals surface area (Å²) in [5.74, 6) is 1.03. The Morgan fingerprint density at radius 2 is 1.85 bits per heavy atom. The third kappa shape index (κ3) is 3.46. The second-order valence-corrected chi connectivity index (χ2v) is 6.76. The van der Waals surface area contributed by atoms with E-state index in [4.69, 9.17) is 0 Å². The summed E-state index contributed by atoms with van der Waals surface area (Å²) in [4.78, 5) is 18.2. The second kappa shape index (κ2) is 7.25. The van der Waals surface area contributed by atoms with Gasteiger partial charge in [0.05, 0.1) is 23.3 Å². The minimum absolute atomic E-state index is 0.939. The van der Waals surface area contributed by atoms with Crippen LogP contribution in [0.2, 0.25) is 0 Å². The van der Waals surface area contributed by atoms with E-state index < -0.39 is 0 Å². The first-order valence-electron chi connectivity index (χ1n) is 9.05. The van der Waals surface area contributed by atoms with Crippen molar-refractivity contribution in [1.82, 2.24) is 24.4 Å². The van der Waals surface area contributed by atoms with Crippen molar-refractivity contribution in [2.24, 2.45) is 0 Å². The lowest BCUT2D eigenvalue weighted by atomic mass is 10.2. The monoisotopic (exact) mass is 348 g/mol. The van der Waals surface area contributed by atoms with Gasteiger partial charge in [-0.2, -0.15) is 0 Å². The molecule has 0 aromatic carbocycles. The number of hydrogen-bond acceptors (Lipinski definition) is 5. The topological polar surface area (TPSA) is 50.1 Å². The van der Waals surface area contributed by atoms with Crippen LogP contribution in [0.3, 0.4) is 0 Å². The molecule has 0 saturated carbocycles. The first kappa shape index (κ1) is 16.7. The average Bonchev–Trinajstić information content (AvgIpc) is 3.13. The lowest BCUT2D eigenvalue weighted by Crippen LogP contribution is -2.46. The Hall–Kier alpha value is -2.73. The molecule has 0 spiro atoms. The summed E-state index contributed by atoms with van der Waals surface area (Å²) in [5.41, 5.74) is 4.38. The van der Waals surface area contributed by atoms with E-state index in [-0.39, 0.29) is 0 Å². The van der Waals surface area contributed by atoms with Gasteiger partial charge in [-0.3, -0.25) is 14.9 Å². The van der Waals surface area contributed by atoms with Crippen LogP contribution in [0.4, 0.5) is 5.82 Å². The Morgan fingerprint density at radius 1 is 1.00 bits per heavy atom. The summed E-state index contributed by atoms with van der Waals surface area (Å²) in [5, 5.41) is 0. The third-order valence-electron chi connectivity index (χ3n) is 4.87. The number of rotatable bonds is 4. The molecule has 1 fully saturated rings. The SMILES string of the molecule is Cc1cnc(C)c(N2CCN(Cc3cccn3-c3cccnc3)CC2)n1. The molecule has 0 bridgehead atoms. The molecule has 6 heteroatoms. The van der Waals surface area contributed by atoms with Crippen LogP contribution in [0.25, 0.3) is 5.69 Å². The fraction of sp³-hybridized carbons (Fsp3) is 0.350. The van der Waals surface area contributed by atoms with E-state index in [9.17, 15) is 0 Å². The zero-order valence-corrected chi connectivity index (χ0v) is 15.3. The molecular formula is C20H24N6. The van der Waals surface area contributed by atoms with Gasteiger partial charge in [-0.05, 0) is 38.1 Å². The molecule has 1 aliphatic rings. The van der Waals surface area contributed by atoms with Gasteiger partial charge in [0.15, 0.2) is 0 Å². The van der Waals surface area contributed by atoms with E-state index >= 15 is 0 Å². The maximum absolute atomic E-state index is 4.68. The molecule has 0 radical (unpaired) electrons. The summed E-state index contributed by atoms with van der Waals surface area (Å²) in [6.07, 6.45) is 7.65. The predicted molar refractivity (Wildman–Crippen MR) is 103 cm³/mol. The molecule has 0 atom stereocenters. The minimum Gasteiger partial charge on any atom is -0.353 e. The zero-order valence-electron chi connectivity index (χ0n) is 15.3. The molecule has 0 aliphatic carbocycles. The maximum atomic E-state index is 4.68.